The zero-order valence-corrected chi connectivity index (χ0v) is 11.4. The van der Waals surface area contributed by atoms with E-state index in [1.807, 2.05) is 18.2 Å². The molecule has 1 aliphatic carbocycles. The van der Waals surface area contributed by atoms with Crippen molar-refractivity contribution in [1.82, 2.24) is 0 Å². The molecule has 0 saturated heterocycles. The van der Waals surface area contributed by atoms with Gasteiger partial charge in [0.15, 0.2) is 11.6 Å². The molecule has 3 heteroatoms. The third-order valence-corrected chi connectivity index (χ3v) is 4.10. The molecular weight excluding hydrogens is 255 g/mol. The molecule has 0 saturated carbocycles. The highest BCUT2D eigenvalue weighted by atomic mass is 19.1. The van der Waals surface area contributed by atoms with Crippen molar-refractivity contribution in [3.63, 3.8) is 0 Å². The first-order valence-electron chi connectivity index (χ1n) is 6.75. The van der Waals surface area contributed by atoms with Crippen LogP contribution in [0.1, 0.15) is 23.1 Å². The van der Waals surface area contributed by atoms with E-state index in [-0.39, 0.29) is 5.75 Å². The first-order valence-corrected chi connectivity index (χ1v) is 6.75. The quantitative estimate of drug-likeness (QED) is 0.909. The van der Waals surface area contributed by atoms with Crippen molar-refractivity contribution in [1.29, 1.82) is 0 Å². The van der Waals surface area contributed by atoms with E-state index in [9.17, 15) is 9.50 Å². The van der Waals surface area contributed by atoms with Gasteiger partial charge >= 0.3 is 0 Å². The van der Waals surface area contributed by atoms with Gasteiger partial charge in [-0.3, -0.25) is 0 Å². The molecule has 0 aromatic heterocycles. The maximum absolute atomic E-state index is 13.8. The van der Waals surface area contributed by atoms with Crippen molar-refractivity contribution >= 4 is 0 Å². The molecule has 0 radical (unpaired) electrons. The summed E-state index contributed by atoms with van der Waals surface area (Å²) >= 11 is 0. The second kappa shape index (κ2) is 4.91. The fraction of sp³-hybridized carbons (Fsp3) is 0.294. The number of halogens is 1. The predicted octanol–water partition coefficient (Wildman–Crippen LogP) is 3.21. The maximum atomic E-state index is 13.8. The number of hydrogen-bond acceptors (Lipinski definition) is 2. The average molecular weight is 272 g/mol. The van der Waals surface area contributed by atoms with Crippen LogP contribution in [0.15, 0.2) is 42.5 Å². The van der Waals surface area contributed by atoms with Gasteiger partial charge in [-0.05, 0) is 41.7 Å². The minimum absolute atomic E-state index is 0.202. The van der Waals surface area contributed by atoms with Gasteiger partial charge in [0.2, 0.25) is 0 Å². The van der Waals surface area contributed by atoms with Crippen LogP contribution in [0.4, 0.5) is 4.39 Å². The van der Waals surface area contributed by atoms with Gasteiger partial charge in [-0.15, -0.1) is 0 Å². The van der Waals surface area contributed by atoms with Gasteiger partial charge in [0, 0.05) is 6.42 Å². The Labute approximate surface area is 117 Å². The van der Waals surface area contributed by atoms with Gasteiger partial charge in [0.1, 0.15) is 0 Å². The first kappa shape index (κ1) is 13.1. The van der Waals surface area contributed by atoms with Crippen LogP contribution in [0.25, 0.3) is 0 Å². The van der Waals surface area contributed by atoms with Crippen molar-refractivity contribution in [3.8, 4) is 5.75 Å². The molecule has 1 unspecified atom stereocenters. The standard InChI is InChI=1S/C17H17FO2/c1-20-16-7-6-14(10-15(16)18)17(19)9-8-12-4-2-3-5-13(12)11-17/h2-7,10,19H,8-9,11H2,1H3. The molecule has 1 aliphatic rings. The highest BCUT2D eigenvalue weighted by Gasteiger charge is 2.34. The normalized spacial score (nSPS) is 21.4. The van der Waals surface area contributed by atoms with E-state index in [2.05, 4.69) is 6.07 Å². The van der Waals surface area contributed by atoms with Crippen LogP contribution in [-0.4, -0.2) is 12.2 Å². The lowest BCUT2D eigenvalue weighted by atomic mass is 9.76. The average Bonchev–Trinajstić information content (AvgIpc) is 2.47. The SMILES string of the molecule is COc1ccc(C2(O)CCc3ccccc3C2)cc1F. The summed E-state index contributed by atoms with van der Waals surface area (Å²) < 4.78 is 18.8. The Morgan fingerprint density at radius 1 is 1.15 bits per heavy atom. The van der Waals surface area contributed by atoms with Crippen molar-refractivity contribution in [2.24, 2.45) is 0 Å². The fourth-order valence-corrected chi connectivity index (χ4v) is 2.92. The second-order valence-electron chi connectivity index (χ2n) is 5.33. The Bertz CT molecular complexity index is 639. The number of benzene rings is 2. The van der Waals surface area contributed by atoms with Gasteiger partial charge in [0.25, 0.3) is 0 Å². The van der Waals surface area contributed by atoms with Crippen LogP contribution in [0.5, 0.6) is 5.75 Å². The molecule has 2 aromatic rings. The Morgan fingerprint density at radius 2 is 1.90 bits per heavy atom. The van der Waals surface area contributed by atoms with E-state index in [4.69, 9.17) is 4.74 Å². The van der Waals surface area contributed by atoms with Crippen LogP contribution >= 0.6 is 0 Å². The van der Waals surface area contributed by atoms with E-state index < -0.39 is 11.4 Å². The van der Waals surface area contributed by atoms with Crippen LogP contribution in [-0.2, 0) is 18.4 Å². The third kappa shape index (κ3) is 2.18. The lowest BCUT2D eigenvalue weighted by molar-refractivity contribution is 0.0219. The van der Waals surface area contributed by atoms with Gasteiger partial charge in [-0.2, -0.15) is 0 Å². The Kier molecular flexibility index (Phi) is 3.22. The molecule has 2 aromatic carbocycles. The van der Waals surface area contributed by atoms with Crippen molar-refractivity contribution in [2.75, 3.05) is 7.11 Å². The summed E-state index contributed by atoms with van der Waals surface area (Å²) in [7, 11) is 1.43. The molecule has 0 amide bonds. The molecule has 0 bridgehead atoms. The zero-order valence-electron chi connectivity index (χ0n) is 11.4. The predicted molar refractivity (Wildman–Crippen MR) is 75.3 cm³/mol. The minimum Gasteiger partial charge on any atom is -0.494 e. The molecule has 0 fully saturated rings. The molecule has 3 rings (SSSR count). The molecule has 2 nitrogen and oxygen atoms in total. The van der Waals surface area contributed by atoms with Gasteiger partial charge in [-0.25, -0.2) is 4.39 Å². The van der Waals surface area contributed by atoms with E-state index in [1.54, 1.807) is 12.1 Å². The third-order valence-electron chi connectivity index (χ3n) is 4.10. The van der Waals surface area contributed by atoms with Crippen LogP contribution in [0.2, 0.25) is 0 Å². The smallest absolute Gasteiger partial charge is 0.165 e. The first-order chi connectivity index (χ1) is 9.62. The Balaban J connectivity index is 1.96. The minimum atomic E-state index is -0.999. The summed E-state index contributed by atoms with van der Waals surface area (Å²) in [5.41, 5.74) is 2.02. The van der Waals surface area contributed by atoms with Crippen molar-refractivity contribution in [2.45, 2.75) is 24.9 Å². The van der Waals surface area contributed by atoms with Gasteiger partial charge < -0.3 is 9.84 Å². The monoisotopic (exact) mass is 272 g/mol. The summed E-state index contributed by atoms with van der Waals surface area (Å²) in [5.74, 6) is -0.231. The van der Waals surface area contributed by atoms with Crippen molar-refractivity contribution < 1.29 is 14.2 Å². The molecule has 1 atom stereocenters. The number of ether oxygens (including phenoxy) is 1. The summed E-state index contributed by atoms with van der Waals surface area (Å²) in [4.78, 5) is 0. The molecule has 20 heavy (non-hydrogen) atoms. The zero-order chi connectivity index (χ0) is 14.2. The molecule has 104 valence electrons. The topological polar surface area (TPSA) is 29.5 Å². The van der Waals surface area contributed by atoms with E-state index in [0.717, 1.165) is 12.0 Å². The lowest BCUT2D eigenvalue weighted by Gasteiger charge is -2.34. The van der Waals surface area contributed by atoms with E-state index in [1.165, 1.54) is 18.7 Å². The van der Waals surface area contributed by atoms with Gasteiger partial charge in [-0.1, -0.05) is 30.3 Å². The highest BCUT2D eigenvalue weighted by molar-refractivity contribution is 5.38. The number of aliphatic hydroxyl groups is 1. The summed E-state index contributed by atoms with van der Waals surface area (Å²) in [6.45, 7) is 0. The van der Waals surface area contributed by atoms with Gasteiger partial charge in [0.05, 0.1) is 12.7 Å². The number of fused-ring (bicyclic) bond motifs is 1. The largest absolute Gasteiger partial charge is 0.494 e. The second-order valence-corrected chi connectivity index (χ2v) is 5.33. The maximum Gasteiger partial charge on any atom is 0.165 e. The molecule has 1 N–H and O–H groups in total. The molecule has 0 aliphatic heterocycles. The fourth-order valence-electron chi connectivity index (χ4n) is 2.92. The van der Waals surface area contributed by atoms with E-state index in [0.29, 0.717) is 18.4 Å². The summed E-state index contributed by atoms with van der Waals surface area (Å²) in [5, 5.41) is 10.9. The lowest BCUT2D eigenvalue weighted by Crippen LogP contribution is -2.33. The van der Waals surface area contributed by atoms with Crippen molar-refractivity contribution in [3.05, 3.63) is 65.0 Å². The van der Waals surface area contributed by atoms with Crippen LogP contribution < -0.4 is 4.74 Å². The number of methoxy groups -OCH3 is 1. The van der Waals surface area contributed by atoms with E-state index >= 15 is 0 Å². The Hall–Kier alpha value is -1.87. The molecule has 0 heterocycles. The molecule has 0 spiro atoms. The summed E-state index contributed by atoms with van der Waals surface area (Å²) in [6.07, 6.45) is 1.94. The number of rotatable bonds is 2. The van der Waals surface area contributed by atoms with Crippen LogP contribution in [0.3, 0.4) is 0 Å². The Morgan fingerprint density at radius 3 is 2.60 bits per heavy atom. The molecular formula is C17H17FO2. The van der Waals surface area contributed by atoms with Crippen LogP contribution in [0, 0.1) is 5.82 Å². The summed E-state index contributed by atoms with van der Waals surface area (Å²) in [6, 6.07) is 12.8. The number of hydrogen-bond donors (Lipinski definition) is 1. The number of aryl methyl sites for hydroxylation is 1. The highest BCUT2D eigenvalue weighted by Crippen LogP contribution is 2.37.